The Morgan fingerprint density at radius 3 is 3.11 bits per heavy atom. The molecule has 1 saturated heterocycles. The van der Waals surface area contributed by atoms with E-state index in [9.17, 15) is 0 Å². The summed E-state index contributed by atoms with van der Waals surface area (Å²) in [5.41, 5.74) is 0.690. The quantitative estimate of drug-likeness (QED) is 0.848. The summed E-state index contributed by atoms with van der Waals surface area (Å²) in [5.74, 6) is 0.972. The summed E-state index contributed by atoms with van der Waals surface area (Å²) in [6, 6.07) is 5.24. The summed E-state index contributed by atoms with van der Waals surface area (Å²) >= 11 is 0. The molecule has 1 unspecified atom stereocenters. The number of hydrogen-bond donors (Lipinski definition) is 1. The predicted molar refractivity (Wildman–Crippen MR) is 70.0 cm³/mol. The molecule has 19 heavy (non-hydrogen) atoms. The topological polar surface area (TPSA) is 71.2 Å². The van der Waals surface area contributed by atoms with Crippen LogP contribution < -0.4 is 10.2 Å². The molecule has 0 aromatic carbocycles. The molecule has 0 radical (unpaired) electrons. The zero-order valence-corrected chi connectivity index (χ0v) is 10.7. The fourth-order valence-electron chi connectivity index (χ4n) is 2.73. The minimum Gasteiger partial charge on any atom is -0.351 e. The summed E-state index contributed by atoms with van der Waals surface area (Å²) in [6.45, 7) is 2.12. The second-order valence-corrected chi connectivity index (χ2v) is 5.39. The lowest BCUT2D eigenvalue weighted by Gasteiger charge is -2.25. The van der Waals surface area contributed by atoms with Gasteiger partial charge in [0.1, 0.15) is 0 Å². The number of hydrogen-bond acceptors (Lipinski definition) is 6. The summed E-state index contributed by atoms with van der Waals surface area (Å²) in [7, 11) is 0. The monoisotopic (exact) mass is 259 g/mol. The van der Waals surface area contributed by atoms with Gasteiger partial charge in [0.25, 0.3) is 0 Å². The van der Waals surface area contributed by atoms with Gasteiger partial charge in [-0.1, -0.05) is 0 Å². The van der Waals surface area contributed by atoms with Gasteiger partial charge >= 0.3 is 0 Å². The third-order valence-corrected chi connectivity index (χ3v) is 3.95. The Balaban J connectivity index is 1.54. The van der Waals surface area contributed by atoms with Gasteiger partial charge in [0.15, 0.2) is 11.5 Å². The molecule has 7 heteroatoms. The number of rotatable bonds is 4. The van der Waals surface area contributed by atoms with Crippen molar-refractivity contribution in [1.29, 1.82) is 0 Å². The van der Waals surface area contributed by atoms with E-state index in [4.69, 9.17) is 0 Å². The van der Waals surface area contributed by atoms with Gasteiger partial charge in [-0.15, -0.1) is 14.8 Å². The summed E-state index contributed by atoms with van der Waals surface area (Å²) < 4.78 is 1.50. The van der Waals surface area contributed by atoms with Crippen LogP contribution >= 0.6 is 0 Å². The van der Waals surface area contributed by atoms with Crippen LogP contribution in [0.15, 0.2) is 12.1 Å². The Kier molecular flexibility index (Phi) is 2.58. The average molecular weight is 259 g/mol. The Morgan fingerprint density at radius 2 is 2.21 bits per heavy atom. The molecule has 1 atom stereocenters. The number of aromatic nitrogens is 5. The molecule has 4 rings (SSSR count). The molecule has 2 aromatic rings. The molecule has 2 aromatic heterocycles. The lowest BCUT2D eigenvalue weighted by molar-refractivity contribution is 0.565. The molecule has 1 N–H and O–H groups in total. The minimum atomic E-state index is 0.544. The van der Waals surface area contributed by atoms with E-state index in [1.165, 1.54) is 30.3 Å². The lowest BCUT2D eigenvalue weighted by Crippen LogP contribution is -2.39. The lowest BCUT2D eigenvalue weighted by atomic mass is 10.2. The first-order chi connectivity index (χ1) is 9.40. The molecule has 3 heterocycles. The van der Waals surface area contributed by atoms with Crippen molar-refractivity contribution in [3.05, 3.63) is 12.1 Å². The smallest absolute Gasteiger partial charge is 0.200 e. The van der Waals surface area contributed by atoms with Gasteiger partial charge in [-0.3, -0.25) is 0 Å². The molecular formula is C12H17N7. The molecule has 2 aliphatic rings. The maximum absolute atomic E-state index is 4.49. The first-order valence-corrected chi connectivity index (χ1v) is 6.95. The van der Waals surface area contributed by atoms with Crippen molar-refractivity contribution in [1.82, 2.24) is 30.6 Å². The fraction of sp³-hybridized carbons (Fsp3) is 0.667. The molecule has 0 spiro atoms. The number of tetrazole rings is 1. The summed E-state index contributed by atoms with van der Waals surface area (Å²) in [6.07, 6.45) is 5.13. The molecule has 1 aliphatic heterocycles. The Labute approximate surface area is 111 Å². The van der Waals surface area contributed by atoms with Crippen LogP contribution in [0, 0.1) is 0 Å². The normalized spacial score (nSPS) is 23.4. The Morgan fingerprint density at radius 1 is 1.26 bits per heavy atom. The van der Waals surface area contributed by atoms with E-state index in [1.807, 2.05) is 12.1 Å². The van der Waals surface area contributed by atoms with E-state index in [0.717, 1.165) is 24.9 Å². The highest BCUT2D eigenvalue weighted by Crippen LogP contribution is 2.25. The van der Waals surface area contributed by atoms with E-state index in [-0.39, 0.29) is 0 Å². The van der Waals surface area contributed by atoms with Crippen LogP contribution in [-0.4, -0.2) is 50.4 Å². The maximum atomic E-state index is 4.49. The van der Waals surface area contributed by atoms with E-state index in [1.54, 1.807) is 0 Å². The van der Waals surface area contributed by atoms with E-state index in [2.05, 4.69) is 30.8 Å². The van der Waals surface area contributed by atoms with Crippen LogP contribution in [0.2, 0.25) is 0 Å². The molecule has 0 bridgehead atoms. The van der Waals surface area contributed by atoms with Crippen molar-refractivity contribution in [2.75, 3.05) is 18.0 Å². The van der Waals surface area contributed by atoms with Crippen LogP contribution in [-0.2, 0) is 0 Å². The molecule has 0 amide bonds. The zero-order valence-electron chi connectivity index (χ0n) is 10.7. The number of nitrogens with one attached hydrogen (secondary N) is 1. The maximum Gasteiger partial charge on any atom is 0.200 e. The van der Waals surface area contributed by atoms with Gasteiger partial charge < -0.3 is 10.2 Å². The van der Waals surface area contributed by atoms with Crippen molar-refractivity contribution in [2.24, 2.45) is 0 Å². The van der Waals surface area contributed by atoms with E-state index < -0.39 is 0 Å². The largest absolute Gasteiger partial charge is 0.351 e. The molecular weight excluding hydrogens is 242 g/mol. The fourth-order valence-corrected chi connectivity index (χ4v) is 2.73. The molecule has 1 aliphatic carbocycles. The number of nitrogens with zero attached hydrogens (tertiary/aromatic N) is 6. The van der Waals surface area contributed by atoms with Crippen LogP contribution in [0.5, 0.6) is 0 Å². The molecule has 1 saturated carbocycles. The standard InChI is InChI=1S/C12H17N7/c1-2-10(8-13-9-3-4-9)18(7-1)12-6-5-11-14-16-17-19(11)15-12/h5-6,9-10,13H,1-4,7-8H2. The van der Waals surface area contributed by atoms with Crippen LogP contribution in [0.25, 0.3) is 5.65 Å². The number of anilines is 1. The highest BCUT2D eigenvalue weighted by atomic mass is 15.6. The van der Waals surface area contributed by atoms with Gasteiger partial charge in [-0.05, 0) is 48.2 Å². The SMILES string of the molecule is c1cc2nnnn2nc1N1CCCC1CNC1CC1. The highest BCUT2D eigenvalue weighted by Gasteiger charge is 2.28. The second kappa shape index (κ2) is 4.41. The second-order valence-electron chi connectivity index (χ2n) is 5.39. The van der Waals surface area contributed by atoms with Crippen LogP contribution in [0.1, 0.15) is 25.7 Å². The minimum absolute atomic E-state index is 0.544. The van der Waals surface area contributed by atoms with Gasteiger partial charge in [0.2, 0.25) is 0 Å². The van der Waals surface area contributed by atoms with Gasteiger partial charge in [-0.25, -0.2) is 0 Å². The van der Waals surface area contributed by atoms with E-state index in [0.29, 0.717) is 11.7 Å². The van der Waals surface area contributed by atoms with Crippen molar-refractivity contribution in [2.45, 2.75) is 37.8 Å². The van der Waals surface area contributed by atoms with E-state index >= 15 is 0 Å². The number of fused-ring (bicyclic) bond motifs is 1. The van der Waals surface area contributed by atoms with Crippen LogP contribution in [0.3, 0.4) is 0 Å². The van der Waals surface area contributed by atoms with Crippen molar-refractivity contribution in [3.63, 3.8) is 0 Å². The molecule has 2 fully saturated rings. The van der Waals surface area contributed by atoms with Gasteiger partial charge in [-0.2, -0.15) is 0 Å². The first-order valence-electron chi connectivity index (χ1n) is 6.95. The molecule has 100 valence electrons. The highest BCUT2D eigenvalue weighted by molar-refractivity contribution is 5.45. The summed E-state index contributed by atoms with van der Waals surface area (Å²) in [5, 5.41) is 19.5. The van der Waals surface area contributed by atoms with Gasteiger partial charge in [0, 0.05) is 25.2 Å². The summed E-state index contributed by atoms with van der Waals surface area (Å²) in [4.78, 5) is 2.37. The van der Waals surface area contributed by atoms with Crippen LogP contribution in [0.4, 0.5) is 5.82 Å². The first kappa shape index (κ1) is 11.1. The third-order valence-electron chi connectivity index (χ3n) is 3.95. The Hall–Kier alpha value is -1.76. The Bertz CT molecular complexity index is 576. The van der Waals surface area contributed by atoms with Crippen molar-refractivity contribution in [3.8, 4) is 0 Å². The zero-order chi connectivity index (χ0) is 12.7. The molecule has 7 nitrogen and oxygen atoms in total. The third kappa shape index (κ3) is 2.14. The van der Waals surface area contributed by atoms with Crippen molar-refractivity contribution < 1.29 is 0 Å². The van der Waals surface area contributed by atoms with Crippen molar-refractivity contribution >= 4 is 11.5 Å². The average Bonchev–Trinajstić information content (AvgIpc) is 2.97. The predicted octanol–water partition coefficient (Wildman–Crippen LogP) is 0.240. The van der Waals surface area contributed by atoms with Gasteiger partial charge in [0.05, 0.1) is 0 Å².